The molecule has 1 heterocycles. The molecule has 0 unspecified atom stereocenters. The second kappa shape index (κ2) is 10.2. The Morgan fingerprint density at radius 1 is 1.07 bits per heavy atom. The van der Waals surface area contributed by atoms with Gasteiger partial charge in [-0.05, 0) is 35.2 Å². The standard InChI is InChI=1S/C23H28N2O4/c1-17(2)20-5-3-4-6-21(20)24-22(26)16-29-23(27)19-9-7-18(8-10-19)15-25-11-13-28-14-12-25/h3-10,17H,11-16H2,1-2H3,(H,24,26). The summed E-state index contributed by atoms with van der Waals surface area (Å²) in [4.78, 5) is 26.8. The minimum Gasteiger partial charge on any atom is -0.452 e. The van der Waals surface area contributed by atoms with E-state index in [-0.39, 0.29) is 18.4 Å². The van der Waals surface area contributed by atoms with Gasteiger partial charge in [-0.2, -0.15) is 0 Å². The summed E-state index contributed by atoms with van der Waals surface area (Å²) in [5.41, 5.74) is 3.36. The number of rotatable bonds is 7. The minimum atomic E-state index is -0.504. The van der Waals surface area contributed by atoms with Gasteiger partial charge < -0.3 is 14.8 Å². The fourth-order valence-corrected chi connectivity index (χ4v) is 3.28. The van der Waals surface area contributed by atoms with Crippen LogP contribution >= 0.6 is 0 Å². The van der Waals surface area contributed by atoms with Crippen LogP contribution in [0.5, 0.6) is 0 Å². The van der Waals surface area contributed by atoms with Crippen molar-refractivity contribution in [2.24, 2.45) is 0 Å². The Morgan fingerprint density at radius 3 is 2.45 bits per heavy atom. The molecule has 3 rings (SSSR count). The number of amides is 1. The molecule has 0 spiro atoms. The van der Waals surface area contributed by atoms with Crippen molar-refractivity contribution in [2.45, 2.75) is 26.3 Å². The van der Waals surface area contributed by atoms with Gasteiger partial charge in [0.15, 0.2) is 6.61 Å². The van der Waals surface area contributed by atoms with Crippen molar-refractivity contribution in [3.63, 3.8) is 0 Å². The van der Waals surface area contributed by atoms with Crippen molar-refractivity contribution in [1.29, 1.82) is 0 Å². The molecule has 2 aromatic carbocycles. The van der Waals surface area contributed by atoms with Gasteiger partial charge in [-0.1, -0.05) is 44.2 Å². The Bertz CT molecular complexity index is 827. The number of esters is 1. The zero-order chi connectivity index (χ0) is 20.6. The maximum Gasteiger partial charge on any atom is 0.338 e. The number of hydrogen-bond donors (Lipinski definition) is 1. The molecule has 154 valence electrons. The van der Waals surface area contributed by atoms with Gasteiger partial charge in [-0.15, -0.1) is 0 Å². The number of ether oxygens (including phenoxy) is 2. The lowest BCUT2D eigenvalue weighted by Gasteiger charge is -2.26. The molecule has 1 saturated heterocycles. The highest BCUT2D eigenvalue weighted by Crippen LogP contribution is 2.23. The summed E-state index contributed by atoms with van der Waals surface area (Å²) in [5.74, 6) is -0.573. The van der Waals surface area contributed by atoms with Gasteiger partial charge >= 0.3 is 5.97 Å². The number of hydrogen-bond acceptors (Lipinski definition) is 5. The SMILES string of the molecule is CC(C)c1ccccc1NC(=O)COC(=O)c1ccc(CN2CCOCC2)cc1. The van der Waals surface area contributed by atoms with E-state index in [1.165, 1.54) is 0 Å². The van der Waals surface area contributed by atoms with Crippen LogP contribution in [0, 0.1) is 0 Å². The van der Waals surface area contributed by atoms with E-state index < -0.39 is 5.97 Å². The number of nitrogens with zero attached hydrogens (tertiary/aromatic N) is 1. The monoisotopic (exact) mass is 396 g/mol. The molecule has 1 N–H and O–H groups in total. The summed E-state index contributed by atoms with van der Waals surface area (Å²) in [6.45, 7) is 7.98. The highest BCUT2D eigenvalue weighted by Gasteiger charge is 2.14. The van der Waals surface area contributed by atoms with Gasteiger partial charge in [0.1, 0.15) is 0 Å². The Morgan fingerprint density at radius 2 is 1.76 bits per heavy atom. The third-order valence-electron chi connectivity index (χ3n) is 4.89. The van der Waals surface area contributed by atoms with Crippen LogP contribution in [0.1, 0.15) is 41.3 Å². The van der Waals surface area contributed by atoms with E-state index in [4.69, 9.17) is 9.47 Å². The molecule has 0 aromatic heterocycles. The van der Waals surface area contributed by atoms with Crippen molar-refractivity contribution < 1.29 is 19.1 Å². The predicted octanol–water partition coefficient (Wildman–Crippen LogP) is 3.44. The molecule has 0 aliphatic carbocycles. The molecule has 1 amide bonds. The third kappa shape index (κ3) is 6.14. The fraction of sp³-hybridized carbons (Fsp3) is 0.391. The van der Waals surface area contributed by atoms with Gasteiger partial charge in [-0.3, -0.25) is 9.69 Å². The Balaban J connectivity index is 1.49. The van der Waals surface area contributed by atoms with Gasteiger partial charge in [0.05, 0.1) is 18.8 Å². The molecule has 6 heteroatoms. The van der Waals surface area contributed by atoms with Crippen LogP contribution in [0.3, 0.4) is 0 Å². The molecule has 1 aliphatic heterocycles. The second-order valence-corrected chi connectivity index (χ2v) is 7.45. The van der Waals surface area contributed by atoms with Gasteiger partial charge in [0.2, 0.25) is 0 Å². The number of nitrogens with one attached hydrogen (secondary N) is 1. The first-order valence-electron chi connectivity index (χ1n) is 9.98. The molecule has 6 nitrogen and oxygen atoms in total. The van der Waals surface area contributed by atoms with Crippen molar-refractivity contribution in [3.05, 3.63) is 65.2 Å². The van der Waals surface area contributed by atoms with Crippen molar-refractivity contribution >= 4 is 17.6 Å². The normalized spacial score (nSPS) is 14.6. The van der Waals surface area contributed by atoms with Gasteiger partial charge in [0.25, 0.3) is 5.91 Å². The molecule has 1 fully saturated rings. The van der Waals surface area contributed by atoms with Gasteiger partial charge in [0, 0.05) is 25.3 Å². The Labute approximate surface area is 171 Å². The van der Waals surface area contributed by atoms with Crippen LogP contribution < -0.4 is 5.32 Å². The quantitative estimate of drug-likeness (QED) is 0.726. The minimum absolute atomic E-state index is 0.282. The molecule has 0 bridgehead atoms. The summed E-state index contributed by atoms with van der Waals surface area (Å²) in [7, 11) is 0. The lowest BCUT2D eigenvalue weighted by molar-refractivity contribution is -0.119. The first-order valence-corrected chi connectivity index (χ1v) is 9.98. The van der Waals surface area contributed by atoms with Crippen LogP contribution in [0.4, 0.5) is 5.69 Å². The van der Waals surface area contributed by atoms with E-state index in [1.54, 1.807) is 12.1 Å². The summed E-state index contributed by atoms with van der Waals surface area (Å²) in [6.07, 6.45) is 0. The van der Waals surface area contributed by atoms with E-state index >= 15 is 0 Å². The molecule has 0 saturated carbocycles. The van der Waals surface area contributed by atoms with Crippen LogP contribution in [0.2, 0.25) is 0 Å². The van der Waals surface area contributed by atoms with Crippen molar-refractivity contribution in [3.8, 4) is 0 Å². The van der Waals surface area contributed by atoms with E-state index in [0.29, 0.717) is 5.56 Å². The van der Waals surface area contributed by atoms with E-state index in [9.17, 15) is 9.59 Å². The maximum atomic E-state index is 12.2. The summed E-state index contributed by atoms with van der Waals surface area (Å²) in [6, 6.07) is 15.0. The van der Waals surface area contributed by atoms with Crippen LogP contribution in [0.25, 0.3) is 0 Å². The maximum absolute atomic E-state index is 12.2. The largest absolute Gasteiger partial charge is 0.452 e. The average molecular weight is 396 g/mol. The summed E-state index contributed by atoms with van der Waals surface area (Å²) in [5, 5.41) is 2.82. The number of anilines is 1. The number of benzene rings is 2. The smallest absolute Gasteiger partial charge is 0.338 e. The zero-order valence-corrected chi connectivity index (χ0v) is 17.0. The molecule has 0 radical (unpaired) electrons. The third-order valence-corrected chi connectivity index (χ3v) is 4.89. The van der Waals surface area contributed by atoms with Crippen LogP contribution in [-0.2, 0) is 20.8 Å². The first-order chi connectivity index (χ1) is 14.0. The number of morpholine rings is 1. The molecular weight excluding hydrogens is 368 g/mol. The lowest BCUT2D eigenvalue weighted by atomic mass is 10.0. The van der Waals surface area contributed by atoms with Crippen LogP contribution in [0.15, 0.2) is 48.5 Å². The van der Waals surface area contributed by atoms with E-state index in [2.05, 4.69) is 24.1 Å². The molecule has 29 heavy (non-hydrogen) atoms. The van der Waals surface area contributed by atoms with Crippen molar-refractivity contribution in [2.75, 3.05) is 38.2 Å². The Hall–Kier alpha value is -2.70. The predicted molar refractivity (Wildman–Crippen MR) is 112 cm³/mol. The fourth-order valence-electron chi connectivity index (χ4n) is 3.28. The lowest BCUT2D eigenvalue weighted by Crippen LogP contribution is -2.35. The summed E-state index contributed by atoms with van der Waals surface area (Å²) < 4.78 is 10.5. The second-order valence-electron chi connectivity index (χ2n) is 7.45. The average Bonchev–Trinajstić information content (AvgIpc) is 2.73. The topological polar surface area (TPSA) is 67.9 Å². The van der Waals surface area contributed by atoms with E-state index in [1.807, 2.05) is 36.4 Å². The van der Waals surface area contributed by atoms with E-state index in [0.717, 1.165) is 49.7 Å². The number of carbonyl (C=O) groups excluding carboxylic acids is 2. The zero-order valence-electron chi connectivity index (χ0n) is 17.0. The van der Waals surface area contributed by atoms with Crippen LogP contribution in [-0.4, -0.2) is 49.7 Å². The number of para-hydroxylation sites is 1. The first kappa shape index (κ1) is 21.0. The summed E-state index contributed by atoms with van der Waals surface area (Å²) >= 11 is 0. The van der Waals surface area contributed by atoms with Crippen molar-refractivity contribution in [1.82, 2.24) is 4.90 Å². The van der Waals surface area contributed by atoms with Gasteiger partial charge in [-0.25, -0.2) is 4.79 Å². The molecule has 0 atom stereocenters. The molecular formula is C23H28N2O4. The highest BCUT2D eigenvalue weighted by atomic mass is 16.5. The molecule has 1 aliphatic rings. The number of carbonyl (C=O) groups is 2. The molecule has 2 aromatic rings. The Kier molecular flexibility index (Phi) is 7.38. The highest BCUT2D eigenvalue weighted by molar-refractivity contribution is 5.96.